The Kier molecular flexibility index (Phi) is 31.4. The number of nitrogens with one attached hydrogen (secondary N) is 5. The number of likely N-dealkylation sites (N-methyl/N-ethyl adjacent to an activating group) is 6. The van der Waals surface area contributed by atoms with Crippen LogP contribution in [0.25, 0.3) is 0 Å². The predicted molar refractivity (Wildman–Crippen MR) is 367 cm³/mol. The third-order valence-electron chi connectivity index (χ3n) is 18.2. The zero-order chi connectivity index (χ0) is 74.9. The number of hydrogen-bond donors (Lipinski definition) is 6. The Hall–Kier alpha value is -7.72. The Balaban J connectivity index is 1.96. The van der Waals surface area contributed by atoms with Gasteiger partial charge in [0.05, 0.1) is 42.9 Å². The van der Waals surface area contributed by atoms with Crippen LogP contribution in [0.2, 0.25) is 0 Å². The summed E-state index contributed by atoms with van der Waals surface area (Å²) in [5.74, 6) is -10.6. The van der Waals surface area contributed by atoms with Crippen molar-refractivity contribution in [2.24, 2.45) is 23.7 Å². The number of ether oxygens (including phenoxy) is 1. The van der Waals surface area contributed by atoms with Crippen LogP contribution in [-0.4, -0.2) is 245 Å². The summed E-state index contributed by atoms with van der Waals surface area (Å²) in [6.45, 7) is 21.6. The molecule has 2 aromatic carbocycles. The van der Waals surface area contributed by atoms with E-state index in [1.54, 1.807) is 97.4 Å². The van der Waals surface area contributed by atoms with E-state index in [0.29, 0.717) is 31.5 Å². The summed E-state index contributed by atoms with van der Waals surface area (Å²) in [6.07, 6.45) is -6.32. The molecule has 11 atom stereocenters. The molecular weight excluding hydrogens is 1290 g/mol. The molecule has 4 unspecified atom stereocenters. The standard InChI is InChI=1S/C71H111F3N12O13/c1-41(2)34-52-62(91)77-55(40-99-70(11,12)13)82(16)54(37-47-26-22-20-23-27-47)67(96)81(15)45(9)61(90)75-51(66(95)86-32-24-21-25-33-86)38-56(88)78-58(43(5)6)69(98)85(19)60(44(7)8)64(93)76-50(36-48-28-30-49(31-29-48)71(72,73)74)65(94)84(18)53(35-42(3)4)63(92)79-59(46(10)87)68(97)80(14)39-57(89)83(52)17/h20,22-23,26-31,41-46,50-55,58-60,87H,21,24-25,32-40H2,1-19H3,(H,75,90)(H,76,93)(H,77,91)(H,78,88)(H,79,92)/t45?,46-,50?,51+,52+,53+,54+,55?,58+,59?,60+/m1/s1. The molecule has 4 rings (SSSR count). The third kappa shape index (κ3) is 24.3. The highest BCUT2D eigenvalue weighted by Gasteiger charge is 2.44. The maximum atomic E-state index is 15.3. The van der Waals surface area contributed by atoms with Crippen LogP contribution in [0.5, 0.6) is 0 Å². The average Bonchev–Trinajstić information content (AvgIpc) is 0.830. The van der Waals surface area contributed by atoms with Gasteiger partial charge in [0.15, 0.2) is 0 Å². The molecule has 0 aromatic heterocycles. The summed E-state index contributed by atoms with van der Waals surface area (Å²) in [5, 5.41) is 25.1. The molecule has 554 valence electrons. The second-order valence-corrected chi connectivity index (χ2v) is 29.1. The molecule has 0 radical (unpaired) electrons. The molecular formula is C71H111F3N12O13. The van der Waals surface area contributed by atoms with Crippen LogP contribution in [0.4, 0.5) is 13.2 Å². The Morgan fingerprint density at radius 3 is 1.64 bits per heavy atom. The van der Waals surface area contributed by atoms with Crippen LogP contribution in [-0.2, 0) is 76.5 Å². The molecule has 2 aliphatic rings. The van der Waals surface area contributed by atoms with Crippen molar-refractivity contribution in [2.75, 3.05) is 68.5 Å². The maximum absolute atomic E-state index is 15.3. The summed E-state index contributed by atoms with van der Waals surface area (Å²) >= 11 is 0. The lowest BCUT2D eigenvalue weighted by atomic mass is 9.96. The van der Waals surface area contributed by atoms with E-state index in [9.17, 15) is 56.6 Å². The zero-order valence-corrected chi connectivity index (χ0v) is 61.5. The highest BCUT2D eigenvalue weighted by Crippen LogP contribution is 2.30. The maximum Gasteiger partial charge on any atom is 0.416 e. The van der Waals surface area contributed by atoms with Crippen molar-refractivity contribution in [3.8, 4) is 0 Å². The summed E-state index contributed by atoms with van der Waals surface area (Å²) in [6, 6.07) is 0.140. The summed E-state index contributed by atoms with van der Waals surface area (Å²) in [5.41, 5.74) is -0.911. The number of carbonyl (C=O) groups excluding carboxylic acids is 11. The number of hydrogen-bond acceptors (Lipinski definition) is 14. The molecule has 2 fully saturated rings. The Morgan fingerprint density at radius 2 is 1.12 bits per heavy atom. The van der Waals surface area contributed by atoms with E-state index in [4.69, 9.17) is 4.74 Å². The molecule has 0 saturated carbocycles. The number of alkyl halides is 3. The highest BCUT2D eigenvalue weighted by atomic mass is 19.4. The number of amides is 11. The van der Waals surface area contributed by atoms with Crippen molar-refractivity contribution in [1.82, 2.24) is 60.9 Å². The molecule has 11 amide bonds. The van der Waals surface area contributed by atoms with Gasteiger partial charge in [-0.2, -0.15) is 13.2 Å². The highest BCUT2D eigenvalue weighted by molar-refractivity contribution is 5.99. The normalized spacial score (nSPS) is 25.5. The smallest absolute Gasteiger partial charge is 0.391 e. The lowest BCUT2D eigenvalue weighted by molar-refractivity contribution is -0.148. The number of piperidine rings is 1. The van der Waals surface area contributed by atoms with Crippen LogP contribution in [0.15, 0.2) is 54.6 Å². The van der Waals surface area contributed by atoms with Gasteiger partial charge >= 0.3 is 6.18 Å². The SMILES string of the molecule is CC(C)C[C@H]1C(=O)NC(COC(C)(C)C)N(C)[C@@H](Cc2ccccc2)C(=O)N(C)C(C)C(=O)N[C@H](C(=O)N2CCCCC2)CC(=O)N[C@@H](C(C)C)C(=O)N(C)[C@@H](C(C)C)C(=O)NC(Cc2ccc(C(F)(F)F)cc2)C(=O)N(C)[C@@H](CC(C)C)C(=O)NC([C@@H](C)O)C(=O)N(C)CC(=O)N1C. The van der Waals surface area contributed by atoms with E-state index in [1.807, 2.05) is 26.0 Å². The number of benzene rings is 2. The quantitative estimate of drug-likeness (QED) is 0.156. The number of aliphatic hydroxyl groups excluding tert-OH is 1. The van der Waals surface area contributed by atoms with E-state index in [2.05, 4.69) is 26.6 Å². The summed E-state index contributed by atoms with van der Waals surface area (Å²) in [4.78, 5) is 172. The second-order valence-electron chi connectivity index (χ2n) is 29.1. The fourth-order valence-electron chi connectivity index (χ4n) is 12.1. The minimum Gasteiger partial charge on any atom is -0.391 e. The predicted octanol–water partition coefficient (Wildman–Crippen LogP) is 3.98. The van der Waals surface area contributed by atoms with Gasteiger partial charge in [-0.3, -0.25) is 57.6 Å². The van der Waals surface area contributed by atoms with Gasteiger partial charge in [-0.15, -0.1) is 0 Å². The molecule has 0 bridgehead atoms. The summed E-state index contributed by atoms with van der Waals surface area (Å²) < 4.78 is 47.9. The molecule has 25 nitrogen and oxygen atoms in total. The minimum absolute atomic E-state index is 0.0438. The topological polar surface area (TPSA) is 300 Å². The van der Waals surface area contributed by atoms with Crippen LogP contribution in [0.3, 0.4) is 0 Å². The summed E-state index contributed by atoms with van der Waals surface area (Å²) in [7, 11) is 8.26. The van der Waals surface area contributed by atoms with Gasteiger partial charge < -0.3 is 65.8 Å². The second kappa shape index (κ2) is 37.1. The fourth-order valence-corrected chi connectivity index (χ4v) is 12.1. The average molecular weight is 1400 g/mol. The van der Waals surface area contributed by atoms with E-state index in [1.165, 1.54) is 58.9 Å². The number of aliphatic hydroxyl groups is 1. The first-order valence-corrected chi connectivity index (χ1v) is 34.3. The number of rotatable bonds is 14. The van der Waals surface area contributed by atoms with Crippen LogP contribution in [0, 0.1) is 23.7 Å². The molecule has 2 aliphatic heterocycles. The number of halogens is 3. The molecule has 0 spiro atoms. The van der Waals surface area contributed by atoms with E-state index in [-0.39, 0.29) is 43.3 Å². The lowest BCUT2D eigenvalue weighted by Crippen LogP contribution is -2.62. The van der Waals surface area contributed by atoms with Gasteiger partial charge in [0.2, 0.25) is 65.0 Å². The van der Waals surface area contributed by atoms with Crippen molar-refractivity contribution in [3.63, 3.8) is 0 Å². The number of nitrogens with zero attached hydrogens (tertiary/aromatic N) is 7. The zero-order valence-electron chi connectivity index (χ0n) is 61.5. The molecule has 99 heavy (non-hydrogen) atoms. The number of carbonyl (C=O) groups is 11. The Morgan fingerprint density at radius 1 is 0.576 bits per heavy atom. The first-order chi connectivity index (χ1) is 46.0. The van der Waals surface area contributed by atoms with Gasteiger partial charge in [0, 0.05) is 54.7 Å². The van der Waals surface area contributed by atoms with Crippen LogP contribution in [0.1, 0.15) is 145 Å². The van der Waals surface area contributed by atoms with Gasteiger partial charge in [0.25, 0.3) is 0 Å². The van der Waals surface area contributed by atoms with E-state index in [0.717, 1.165) is 45.4 Å². The van der Waals surface area contributed by atoms with Crippen LogP contribution >= 0.6 is 0 Å². The molecule has 6 N–H and O–H groups in total. The third-order valence-corrected chi connectivity index (χ3v) is 18.2. The van der Waals surface area contributed by atoms with Gasteiger partial charge in [0.1, 0.15) is 54.5 Å². The van der Waals surface area contributed by atoms with Crippen molar-refractivity contribution in [2.45, 2.75) is 220 Å². The van der Waals surface area contributed by atoms with Crippen LogP contribution < -0.4 is 26.6 Å². The number of likely N-dealkylation sites (tertiary alicyclic amines) is 1. The van der Waals surface area contributed by atoms with Gasteiger partial charge in [-0.25, -0.2) is 0 Å². The molecule has 2 saturated heterocycles. The van der Waals surface area contributed by atoms with Gasteiger partial charge in [-0.1, -0.05) is 97.9 Å². The minimum atomic E-state index is -4.72. The van der Waals surface area contributed by atoms with Crippen molar-refractivity contribution in [3.05, 3.63) is 71.3 Å². The molecule has 0 aliphatic carbocycles. The van der Waals surface area contributed by atoms with Crippen molar-refractivity contribution < 1.29 is 75.8 Å². The Bertz CT molecular complexity index is 3090. The van der Waals surface area contributed by atoms with Crippen molar-refractivity contribution in [1.29, 1.82) is 0 Å². The van der Waals surface area contributed by atoms with Gasteiger partial charge in [-0.05, 0) is 127 Å². The lowest BCUT2D eigenvalue weighted by Gasteiger charge is -2.40. The monoisotopic (exact) mass is 1400 g/mol. The Labute approximate surface area is 582 Å². The van der Waals surface area contributed by atoms with Crippen molar-refractivity contribution >= 4 is 65.0 Å². The molecule has 2 heterocycles. The fraction of sp³-hybridized carbons (Fsp3) is 0.676. The molecule has 28 heteroatoms. The first kappa shape index (κ1) is 83.7. The largest absolute Gasteiger partial charge is 0.416 e. The molecule has 2 aromatic rings. The van der Waals surface area contributed by atoms with E-state index >= 15 is 14.4 Å². The first-order valence-electron chi connectivity index (χ1n) is 34.3. The van der Waals surface area contributed by atoms with E-state index < -0.39 is 180 Å².